The fourth-order valence-corrected chi connectivity index (χ4v) is 6.43. The molecule has 1 fully saturated rings. The second-order valence-electron chi connectivity index (χ2n) is 9.73. The van der Waals surface area contributed by atoms with Crippen LogP contribution in [0.3, 0.4) is 0 Å². The van der Waals surface area contributed by atoms with E-state index in [1.807, 2.05) is 30.3 Å². The van der Waals surface area contributed by atoms with Gasteiger partial charge in [0.15, 0.2) is 0 Å². The monoisotopic (exact) mass is 502 g/mol. The van der Waals surface area contributed by atoms with E-state index in [2.05, 4.69) is 29.0 Å². The third-order valence-corrected chi connectivity index (χ3v) is 8.38. The number of hydrogen-bond donors (Lipinski definition) is 5. The molecule has 0 saturated carbocycles. The highest BCUT2D eigenvalue weighted by Gasteiger charge is 2.38. The first-order valence-electron chi connectivity index (χ1n) is 11.8. The van der Waals surface area contributed by atoms with Crippen LogP contribution in [0.15, 0.2) is 53.4 Å². The summed E-state index contributed by atoms with van der Waals surface area (Å²) in [6, 6.07) is 14.3. The van der Waals surface area contributed by atoms with Crippen molar-refractivity contribution in [3.8, 4) is 0 Å². The molecule has 4 rings (SSSR count). The zero-order valence-electron chi connectivity index (χ0n) is 20.1. The van der Waals surface area contributed by atoms with Crippen molar-refractivity contribution >= 4 is 28.1 Å². The molecule has 2 aliphatic rings. The van der Waals surface area contributed by atoms with Crippen LogP contribution in [0.25, 0.3) is 0 Å². The Morgan fingerprint density at radius 3 is 2.49 bits per heavy atom. The number of fused-ring (bicyclic) bond motifs is 1. The van der Waals surface area contributed by atoms with Gasteiger partial charge in [0.1, 0.15) is 0 Å². The van der Waals surface area contributed by atoms with Gasteiger partial charge >= 0.3 is 0 Å². The van der Waals surface area contributed by atoms with Gasteiger partial charge in [-0.05, 0) is 35.7 Å². The molecule has 2 atom stereocenters. The van der Waals surface area contributed by atoms with Crippen molar-refractivity contribution in [1.29, 1.82) is 0 Å². The van der Waals surface area contributed by atoms with Gasteiger partial charge in [-0.2, -0.15) is 10.6 Å². The lowest BCUT2D eigenvalue weighted by molar-refractivity contribution is -0.133. The van der Waals surface area contributed by atoms with E-state index in [4.69, 9.17) is 5.21 Å². The Hall–Kier alpha value is -2.63. The summed E-state index contributed by atoms with van der Waals surface area (Å²) in [5.41, 5.74) is 4.04. The number of carbonyl (C=O) groups is 2. The minimum Gasteiger partial charge on any atom is -0.364 e. The number of hydroxylamine groups is 1. The Balaban J connectivity index is 1.41. The number of nitrogens with one attached hydrogen (secondary N) is 2. The highest BCUT2D eigenvalue weighted by Crippen LogP contribution is 2.55. The number of rotatable bonds is 7. The summed E-state index contributed by atoms with van der Waals surface area (Å²) in [6.07, 6.45) is 0. The summed E-state index contributed by atoms with van der Waals surface area (Å²) < 4.78 is 20.8. The number of amides is 2. The predicted octanol–water partition coefficient (Wildman–Crippen LogP) is 3.01. The van der Waals surface area contributed by atoms with E-state index in [0.717, 1.165) is 17.8 Å². The van der Waals surface area contributed by atoms with Crippen molar-refractivity contribution in [1.82, 2.24) is 15.7 Å². The van der Waals surface area contributed by atoms with Gasteiger partial charge in [-0.15, -0.1) is 0 Å². The van der Waals surface area contributed by atoms with E-state index >= 15 is 0 Å². The van der Waals surface area contributed by atoms with Crippen LogP contribution < -0.4 is 15.7 Å². The van der Waals surface area contributed by atoms with Crippen LogP contribution in [-0.2, 0) is 11.3 Å². The van der Waals surface area contributed by atoms with E-state index in [-0.39, 0.29) is 5.91 Å². The lowest BCUT2D eigenvalue weighted by Crippen LogP contribution is -2.45. The molecule has 2 heterocycles. The molecule has 0 spiro atoms. The van der Waals surface area contributed by atoms with E-state index in [9.17, 15) is 18.7 Å². The highest BCUT2D eigenvalue weighted by molar-refractivity contribution is 8.24. The number of carbonyl (C=O) groups excluding carboxylic acids is 2. The quantitative estimate of drug-likeness (QED) is 0.291. The molecular weight excluding hydrogens is 468 g/mol. The lowest BCUT2D eigenvalue weighted by Gasteiger charge is -2.43. The van der Waals surface area contributed by atoms with Crippen LogP contribution in [0.1, 0.15) is 29.8 Å². The molecule has 1 saturated heterocycles. The van der Waals surface area contributed by atoms with E-state index in [1.165, 1.54) is 0 Å². The van der Waals surface area contributed by atoms with Crippen molar-refractivity contribution < 1.29 is 23.9 Å². The molecule has 0 bridgehead atoms. The van der Waals surface area contributed by atoms with E-state index in [1.54, 1.807) is 23.7 Å². The van der Waals surface area contributed by atoms with Gasteiger partial charge in [0.25, 0.3) is 5.91 Å². The van der Waals surface area contributed by atoms with Crippen LogP contribution in [-0.4, -0.2) is 69.0 Å². The number of anilines is 1. The molecular formula is C25H34N4O5S. The first-order chi connectivity index (χ1) is 16.7. The molecule has 0 aliphatic carbocycles. The summed E-state index contributed by atoms with van der Waals surface area (Å²) in [7, 11) is -2.76. The average Bonchev–Trinajstić information content (AvgIpc) is 3.22. The van der Waals surface area contributed by atoms with Crippen molar-refractivity contribution in [2.24, 2.45) is 11.8 Å². The van der Waals surface area contributed by atoms with Crippen LogP contribution >= 0.6 is 10.6 Å². The van der Waals surface area contributed by atoms with Crippen LogP contribution in [0.2, 0.25) is 0 Å². The van der Waals surface area contributed by atoms with Crippen molar-refractivity contribution in [2.75, 3.05) is 36.8 Å². The summed E-state index contributed by atoms with van der Waals surface area (Å²) >= 11 is 0. The maximum atomic E-state index is 12.9. The van der Waals surface area contributed by atoms with Crippen molar-refractivity contribution in [2.45, 2.75) is 31.3 Å². The zero-order valence-corrected chi connectivity index (χ0v) is 20.9. The lowest BCUT2D eigenvalue weighted by atomic mass is 10.0. The molecule has 0 radical (unpaired) electrons. The van der Waals surface area contributed by atoms with Gasteiger partial charge < -0.3 is 15.1 Å². The number of para-hydroxylation sites is 1. The minimum atomic E-state index is -2.76. The largest absolute Gasteiger partial charge is 0.364 e. The van der Waals surface area contributed by atoms with Crippen molar-refractivity contribution in [3.05, 3.63) is 59.7 Å². The Kier molecular flexibility index (Phi) is 7.67. The van der Waals surface area contributed by atoms with Crippen LogP contribution in [0.5, 0.6) is 0 Å². The number of likely N-dealkylation sites (tertiary alicyclic amines) is 1. The fourth-order valence-electron chi connectivity index (χ4n) is 4.91. The third-order valence-electron chi connectivity index (χ3n) is 6.58. The first-order valence-corrected chi connectivity index (χ1v) is 13.6. The maximum Gasteiger partial charge on any atom is 0.251 e. The Morgan fingerprint density at radius 1 is 1.09 bits per heavy atom. The molecule has 0 aromatic heterocycles. The number of benzene rings is 2. The standard InChI is InChI=1S/C25H34N4O5S/c1-17(2)13-28-15-20(25(31)27-32)21(16-28)26-24(30)19-9-7-18(8-10-19)14-29-11-12-35(33,34)23-6-4-3-5-22(23)29/h3-10,17,20-21,32-34H,11-16H2,1-2H3,(H,26,30)(H,27,31)/t20-,21+/m0/s1. The minimum absolute atomic E-state index is 0.263. The van der Waals surface area contributed by atoms with E-state index < -0.39 is 28.5 Å². The van der Waals surface area contributed by atoms with Gasteiger partial charge in [-0.3, -0.25) is 23.9 Å². The third kappa shape index (κ3) is 5.79. The number of hydrogen-bond acceptors (Lipinski definition) is 7. The molecule has 190 valence electrons. The Bertz CT molecular complexity index is 1060. The van der Waals surface area contributed by atoms with Gasteiger partial charge in [0, 0.05) is 38.3 Å². The maximum absolute atomic E-state index is 12.9. The first kappa shape index (κ1) is 25.5. The van der Waals surface area contributed by atoms with Gasteiger partial charge in [0.2, 0.25) is 5.91 Å². The molecule has 2 aromatic rings. The molecule has 0 unspecified atom stereocenters. The molecule has 9 nitrogen and oxygen atoms in total. The molecule has 5 N–H and O–H groups in total. The van der Waals surface area contributed by atoms with Crippen LogP contribution in [0, 0.1) is 11.8 Å². The van der Waals surface area contributed by atoms with Gasteiger partial charge in [-0.25, -0.2) is 5.48 Å². The molecule has 35 heavy (non-hydrogen) atoms. The molecule has 10 heteroatoms. The normalized spacial score (nSPS) is 22.5. The smallest absolute Gasteiger partial charge is 0.251 e. The Labute approximate surface area is 207 Å². The number of nitrogens with zero attached hydrogens (tertiary/aromatic N) is 2. The second kappa shape index (κ2) is 10.5. The average molecular weight is 503 g/mol. The summed E-state index contributed by atoms with van der Waals surface area (Å²) in [5.74, 6) is -0.554. The van der Waals surface area contributed by atoms with Crippen LogP contribution in [0.4, 0.5) is 5.69 Å². The summed E-state index contributed by atoms with van der Waals surface area (Å²) in [4.78, 5) is 29.9. The topological polar surface area (TPSA) is 125 Å². The predicted molar refractivity (Wildman–Crippen MR) is 136 cm³/mol. The Morgan fingerprint density at radius 2 is 1.80 bits per heavy atom. The fraction of sp³-hybridized carbons (Fsp3) is 0.440. The van der Waals surface area contributed by atoms with Gasteiger partial charge in [-0.1, -0.05) is 38.1 Å². The summed E-state index contributed by atoms with van der Waals surface area (Å²) in [6.45, 7) is 7.16. The molecule has 2 aliphatic heterocycles. The van der Waals surface area contributed by atoms with Gasteiger partial charge in [0.05, 0.1) is 28.3 Å². The summed E-state index contributed by atoms with van der Waals surface area (Å²) in [5, 5.41) is 12.1. The molecule has 2 aromatic carbocycles. The SMILES string of the molecule is CC(C)CN1C[C@H](C(=O)NO)[C@H](NC(=O)c2ccc(CN3CCS(O)(O)c4ccccc43)cc2)C1. The zero-order chi connectivity index (χ0) is 25.2. The van der Waals surface area contributed by atoms with Crippen molar-refractivity contribution in [3.63, 3.8) is 0 Å². The van der Waals surface area contributed by atoms with E-state index in [0.29, 0.717) is 48.3 Å². The molecule has 2 amide bonds. The second-order valence-corrected chi connectivity index (χ2v) is 11.9. The highest BCUT2D eigenvalue weighted by atomic mass is 32.3.